The molecule has 0 aliphatic heterocycles. The van der Waals surface area contributed by atoms with Crippen molar-refractivity contribution in [2.45, 2.75) is 39.5 Å². The van der Waals surface area contributed by atoms with Crippen LogP contribution in [-0.4, -0.2) is 49.6 Å². The van der Waals surface area contributed by atoms with E-state index in [1.807, 2.05) is 11.8 Å². The third-order valence-electron chi connectivity index (χ3n) is 2.56. The molecule has 0 aromatic heterocycles. The number of nitrogens with one attached hydrogen (secondary N) is 1. The fraction of sp³-hybridized carbons (Fsp3) is 0.923. The molecular weight excluding hydrogens is 230 g/mol. The molecule has 0 spiro atoms. The van der Waals surface area contributed by atoms with Crippen LogP contribution in [0.2, 0.25) is 0 Å². The van der Waals surface area contributed by atoms with Crippen LogP contribution in [-0.2, 0) is 0 Å². The number of hydrogen-bond donors (Lipinski definition) is 1. The number of unbranched alkanes of at least 4 members (excludes halogenated alkanes) is 2. The summed E-state index contributed by atoms with van der Waals surface area (Å²) < 4.78 is 0. The van der Waals surface area contributed by atoms with E-state index < -0.39 is 0 Å². The zero-order valence-corrected chi connectivity index (χ0v) is 12.8. The van der Waals surface area contributed by atoms with Crippen molar-refractivity contribution in [3.05, 3.63) is 0 Å². The molecule has 4 heteroatoms. The van der Waals surface area contributed by atoms with E-state index in [2.05, 4.69) is 42.4 Å². The van der Waals surface area contributed by atoms with E-state index in [9.17, 15) is 0 Å². The molecule has 0 unspecified atom stereocenters. The van der Waals surface area contributed by atoms with Gasteiger partial charge in [-0.25, -0.2) is 0 Å². The van der Waals surface area contributed by atoms with Crippen molar-refractivity contribution < 1.29 is 0 Å². The van der Waals surface area contributed by atoms with Gasteiger partial charge in [-0.15, -0.1) is 0 Å². The van der Waals surface area contributed by atoms with Crippen molar-refractivity contribution in [2.75, 3.05) is 38.7 Å². The van der Waals surface area contributed by atoms with E-state index in [1.165, 1.54) is 31.4 Å². The van der Waals surface area contributed by atoms with Gasteiger partial charge >= 0.3 is 0 Å². The van der Waals surface area contributed by atoms with Crippen LogP contribution in [0.5, 0.6) is 0 Å². The molecule has 0 radical (unpaired) electrons. The van der Waals surface area contributed by atoms with E-state index in [-0.39, 0.29) is 0 Å². The van der Waals surface area contributed by atoms with E-state index in [0.29, 0.717) is 0 Å². The molecule has 0 aliphatic rings. The lowest BCUT2D eigenvalue weighted by Gasteiger charge is -2.21. The second-order valence-electron chi connectivity index (χ2n) is 4.21. The lowest BCUT2D eigenvalue weighted by Crippen LogP contribution is -2.39. The second kappa shape index (κ2) is 12.1. The van der Waals surface area contributed by atoms with Crippen molar-refractivity contribution in [3.8, 4) is 0 Å². The van der Waals surface area contributed by atoms with Crippen LogP contribution in [0, 0.1) is 0 Å². The van der Waals surface area contributed by atoms with Crippen LogP contribution in [0.15, 0.2) is 4.99 Å². The molecule has 0 saturated carbocycles. The summed E-state index contributed by atoms with van der Waals surface area (Å²) in [4.78, 5) is 6.90. The summed E-state index contributed by atoms with van der Waals surface area (Å²) in [7, 11) is 2.12. The molecule has 0 aromatic carbocycles. The lowest BCUT2D eigenvalue weighted by atomic mass is 10.3. The Morgan fingerprint density at radius 3 is 2.59 bits per heavy atom. The standard InChI is InChI=1S/C13H29N3S/c1-5-7-11-16(3)13(14-6-2)15-10-8-9-12-17-4/h5-12H2,1-4H3,(H,14,15). The summed E-state index contributed by atoms with van der Waals surface area (Å²) in [6.45, 7) is 7.32. The van der Waals surface area contributed by atoms with Crippen molar-refractivity contribution in [2.24, 2.45) is 4.99 Å². The minimum absolute atomic E-state index is 0.944. The van der Waals surface area contributed by atoms with E-state index in [1.54, 1.807) is 0 Å². The molecule has 1 N–H and O–H groups in total. The largest absolute Gasteiger partial charge is 0.357 e. The van der Waals surface area contributed by atoms with Crippen molar-refractivity contribution in [1.29, 1.82) is 0 Å². The molecular formula is C13H29N3S. The number of thioether (sulfide) groups is 1. The van der Waals surface area contributed by atoms with Gasteiger partial charge in [-0.05, 0) is 38.2 Å². The highest BCUT2D eigenvalue weighted by atomic mass is 32.2. The first-order valence-electron chi connectivity index (χ1n) is 6.74. The highest BCUT2D eigenvalue weighted by Crippen LogP contribution is 2.00. The Morgan fingerprint density at radius 2 is 2.00 bits per heavy atom. The molecule has 0 heterocycles. The van der Waals surface area contributed by atoms with Crippen molar-refractivity contribution >= 4 is 17.7 Å². The van der Waals surface area contributed by atoms with Crippen LogP contribution in [0.25, 0.3) is 0 Å². The number of aliphatic imine (C=N–C) groups is 1. The molecule has 17 heavy (non-hydrogen) atoms. The predicted octanol–water partition coefficient (Wildman–Crippen LogP) is 2.83. The van der Waals surface area contributed by atoms with Crippen LogP contribution >= 0.6 is 11.8 Å². The fourth-order valence-corrected chi connectivity index (χ4v) is 2.01. The minimum Gasteiger partial charge on any atom is -0.357 e. The summed E-state index contributed by atoms with van der Waals surface area (Å²) in [5.74, 6) is 2.31. The Balaban J connectivity index is 3.96. The maximum absolute atomic E-state index is 4.66. The molecule has 0 aliphatic carbocycles. The van der Waals surface area contributed by atoms with Gasteiger partial charge < -0.3 is 10.2 Å². The number of rotatable bonds is 9. The Bertz CT molecular complexity index is 195. The Morgan fingerprint density at radius 1 is 1.24 bits per heavy atom. The van der Waals surface area contributed by atoms with Gasteiger partial charge in [-0.3, -0.25) is 4.99 Å². The molecule has 0 fully saturated rings. The van der Waals surface area contributed by atoms with Gasteiger partial charge in [-0.1, -0.05) is 13.3 Å². The van der Waals surface area contributed by atoms with Gasteiger partial charge in [0.2, 0.25) is 0 Å². The van der Waals surface area contributed by atoms with Gasteiger partial charge in [-0.2, -0.15) is 11.8 Å². The average molecular weight is 259 g/mol. The summed E-state index contributed by atoms with van der Waals surface area (Å²) in [5.41, 5.74) is 0. The molecule has 3 nitrogen and oxygen atoms in total. The van der Waals surface area contributed by atoms with Gasteiger partial charge in [0.1, 0.15) is 0 Å². The van der Waals surface area contributed by atoms with E-state index in [0.717, 1.165) is 25.6 Å². The SMILES string of the molecule is CCCCN(C)C(=NCCCCSC)NCC. The molecule has 0 saturated heterocycles. The third kappa shape index (κ3) is 9.33. The lowest BCUT2D eigenvalue weighted by molar-refractivity contribution is 0.464. The van der Waals surface area contributed by atoms with Gasteiger partial charge in [0.15, 0.2) is 5.96 Å². The third-order valence-corrected chi connectivity index (χ3v) is 3.26. The summed E-state index contributed by atoms with van der Waals surface area (Å²) >= 11 is 1.91. The zero-order chi connectivity index (χ0) is 12.9. The first kappa shape index (κ1) is 16.6. The van der Waals surface area contributed by atoms with Gasteiger partial charge in [0.25, 0.3) is 0 Å². The quantitative estimate of drug-likeness (QED) is 0.392. The minimum atomic E-state index is 0.944. The van der Waals surface area contributed by atoms with Crippen LogP contribution in [0.4, 0.5) is 0 Å². The smallest absolute Gasteiger partial charge is 0.193 e. The van der Waals surface area contributed by atoms with Crippen LogP contribution < -0.4 is 5.32 Å². The normalized spacial score (nSPS) is 11.6. The number of nitrogens with zero attached hydrogens (tertiary/aromatic N) is 2. The highest BCUT2D eigenvalue weighted by Gasteiger charge is 2.03. The fourth-order valence-electron chi connectivity index (χ4n) is 1.51. The molecule has 0 bridgehead atoms. The molecule has 0 aromatic rings. The summed E-state index contributed by atoms with van der Waals surface area (Å²) in [6, 6.07) is 0. The highest BCUT2D eigenvalue weighted by molar-refractivity contribution is 7.98. The number of hydrogen-bond acceptors (Lipinski definition) is 2. The maximum Gasteiger partial charge on any atom is 0.193 e. The molecule has 0 atom stereocenters. The van der Waals surface area contributed by atoms with Gasteiger partial charge in [0.05, 0.1) is 0 Å². The summed E-state index contributed by atoms with van der Waals surface area (Å²) in [5, 5.41) is 3.35. The first-order valence-corrected chi connectivity index (χ1v) is 8.14. The van der Waals surface area contributed by atoms with Crippen molar-refractivity contribution in [1.82, 2.24) is 10.2 Å². The van der Waals surface area contributed by atoms with E-state index in [4.69, 9.17) is 0 Å². The topological polar surface area (TPSA) is 27.6 Å². The maximum atomic E-state index is 4.66. The Labute approximate surface area is 111 Å². The monoisotopic (exact) mass is 259 g/mol. The molecule has 102 valence electrons. The zero-order valence-electron chi connectivity index (χ0n) is 12.0. The first-order chi connectivity index (χ1) is 8.26. The Kier molecular flexibility index (Phi) is 11.8. The van der Waals surface area contributed by atoms with Crippen LogP contribution in [0.3, 0.4) is 0 Å². The predicted molar refractivity (Wildman–Crippen MR) is 81.1 cm³/mol. The molecule has 0 rings (SSSR count). The van der Waals surface area contributed by atoms with Gasteiger partial charge in [0, 0.05) is 26.7 Å². The second-order valence-corrected chi connectivity index (χ2v) is 5.20. The Hall–Kier alpha value is -0.380. The average Bonchev–Trinajstić information content (AvgIpc) is 2.34. The summed E-state index contributed by atoms with van der Waals surface area (Å²) in [6.07, 6.45) is 7.08. The molecule has 0 amide bonds. The number of guanidine groups is 1. The van der Waals surface area contributed by atoms with E-state index >= 15 is 0 Å². The van der Waals surface area contributed by atoms with Crippen LogP contribution in [0.1, 0.15) is 39.5 Å². The van der Waals surface area contributed by atoms with Crippen molar-refractivity contribution in [3.63, 3.8) is 0 Å².